The Morgan fingerprint density at radius 3 is 1.31 bits per heavy atom. The first-order valence-corrected chi connectivity index (χ1v) is 27.0. The maximum Gasteiger partial charge on any atom is 0.472 e. The van der Waals surface area contributed by atoms with Crippen molar-refractivity contribution in [3.05, 3.63) is 48.6 Å². The first-order chi connectivity index (χ1) is 29.5. The highest BCUT2D eigenvalue weighted by Gasteiger charge is 2.27. The number of phosphoric ester groups is 1. The maximum absolute atomic E-state index is 12.9. The van der Waals surface area contributed by atoms with Crippen molar-refractivity contribution in [2.45, 2.75) is 238 Å². The Kier molecular flexibility index (Phi) is 42.6. The van der Waals surface area contributed by atoms with Gasteiger partial charge in [0.05, 0.1) is 39.9 Å². The monoisotopic (exact) mass is 880 g/mol. The predicted molar refractivity (Wildman–Crippen MR) is 263 cm³/mol. The van der Waals surface area contributed by atoms with E-state index in [1.54, 1.807) is 6.08 Å². The van der Waals surface area contributed by atoms with Crippen molar-refractivity contribution in [1.82, 2.24) is 5.32 Å². The Bertz CT molecular complexity index is 1130. The number of carbonyl (C=O) groups is 1. The molecule has 3 unspecified atom stereocenters. The molecule has 0 bridgehead atoms. The number of nitrogens with one attached hydrogen (secondary N) is 1. The number of likely N-dealkylation sites (N-methyl/N-ethyl adjacent to an activating group) is 1. The number of hydrogen-bond donors (Lipinski definition) is 3. The molecule has 358 valence electrons. The topological polar surface area (TPSA) is 105 Å². The molecule has 0 radical (unpaired) electrons. The van der Waals surface area contributed by atoms with Gasteiger partial charge in [-0.25, -0.2) is 4.57 Å². The number of aliphatic hydroxyl groups is 1. The Labute approximate surface area is 378 Å². The van der Waals surface area contributed by atoms with Crippen LogP contribution in [0.5, 0.6) is 0 Å². The van der Waals surface area contributed by atoms with E-state index in [1.165, 1.54) is 148 Å². The molecule has 0 fully saturated rings. The molecule has 0 saturated carbocycles. The average molecular weight is 880 g/mol. The lowest BCUT2D eigenvalue weighted by atomic mass is 10.0. The molecule has 0 rings (SSSR count). The fourth-order valence-corrected chi connectivity index (χ4v) is 7.92. The van der Waals surface area contributed by atoms with Gasteiger partial charge in [-0.05, 0) is 70.6 Å². The molecule has 1 amide bonds. The van der Waals surface area contributed by atoms with Crippen LogP contribution in [0, 0.1) is 0 Å². The smallest absolute Gasteiger partial charge is 0.387 e. The van der Waals surface area contributed by atoms with Crippen LogP contribution in [-0.4, -0.2) is 73.4 Å². The SMILES string of the molecule is CCCCCCCC/C=C\CCCCCCCC(=O)NC(COP(=O)(O)OCC[N+](C)(C)C)C(O)/C=C/CC/C=C/CC/C=C/CCCCCCCCCCCCCCCC. The van der Waals surface area contributed by atoms with E-state index in [9.17, 15) is 19.4 Å². The van der Waals surface area contributed by atoms with Crippen molar-refractivity contribution in [2.24, 2.45) is 0 Å². The summed E-state index contributed by atoms with van der Waals surface area (Å²) in [7, 11) is 1.54. The van der Waals surface area contributed by atoms with Gasteiger partial charge in [-0.3, -0.25) is 13.8 Å². The molecule has 0 aliphatic rings. The van der Waals surface area contributed by atoms with Crippen molar-refractivity contribution in [2.75, 3.05) is 40.9 Å². The Morgan fingerprint density at radius 1 is 0.541 bits per heavy atom. The number of quaternary nitrogens is 1. The lowest BCUT2D eigenvalue weighted by Gasteiger charge is -2.25. The summed E-state index contributed by atoms with van der Waals surface area (Å²) in [4.78, 5) is 23.2. The second kappa shape index (κ2) is 43.7. The van der Waals surface area contributed by atoms with Crippen LogP contribution in [-0.2, 0) is 18.4 Å². The van der Waals surface area contributed by atoms with Gasteiger partial charge in [-0.1, -0.05) is 197 Å². The summed E-state index contributed by atoms with van der Waals surface area (Å²) in [5, 5.41) is 13.8. The van der Waals surface area contributed by atoms with Crippen molar-refractivity contribution in [3.63, 3.8) is 0 Å². The van der Waals surface area contributed by atoms with Gasteiger partial charge >= 0.3 is 7.82 Å². The van der Waals surface area contributed by atoms with Crippen LogP contribution in [0.4, 0.5) is 0 Å². The summed E-state index contributed by atoms with van der Waals surface area (Å²) in [5.74, 6) is -0.200. The molecule has 8 nitrogen and oxygen atoms in total. The highest BCUT2D eigenvalue weighted by Crippen LogP contribution is 2.43. The molecule has 0 spiro atoms. The summed E-state index contributed by atoms with van der Waals surface area (Å²) in [6.07, 6.45) is 56.3. The quantitative estimate of drug-likeness (QED) is 0.0243. The van der Waals surface area contributed by atoms with Crippen molar-refractivity contribution < 1.29 is 32.9 Å². The van der Waals surface area contributed by atoms with Crippen LogP contribution in [0.3, 0.4) is 0 Å². The second-order valence-electron chi connectivity index (χ2n) is 18.5. The van der Waals surface area contributed by atoms with Crippen LogP contribution in [0.25, 0.3) is 0 Å². The Hall–Kier alpha value is -1.54. The molecule has 9 heteroatoms. The fraction of sp³-hybridized carbons (Fsp3) is 0.827. The van der Waals surface area contributed by atoms with E-state index in [0.29, 0.717) is 17.4 Å². The number of allylic oxidation sites excluding steroid dienone is 7. The summed E-state index contributed by atoms with van der Waals surface area (Å²) < 4.78 is 23.6. The third kappa shape index (κ3) is 46.3. The van der Waals surface area contributed by atoms with Gasteiger partial charge in [-0.2, -0.15) is 0 Å². The number of aliphatic hydroxyl groups excluding tert-OH is 1. The van der Waals surface area contributed by atoms with Gasteiger partial charge < -0.3 is 19.8 Å². The van der Waals surface area contributed by atoms with E-state index in [2.05, 4.69) is 55.6 Å². The lowest BCUT2D eigenvalue weighted by Crippen LogP contribution is -2.45. The van der Waals surface area contributed by atoms with Gasteiger partial charge in [0, 0.05) is 6.42 Å². The lowest BCUT2D eigenvalue weighted by molar-refractivity contribution is -0.870. The molecule has 0 aromatic carbocycles. The Morgan fingerprint density at radius 2 is 0.902 bits per heavy atom. The zero-order chi connectivity index (χ0) is 45.0. The molecule has 3 atom stereocenters. The van der Waals surface area contributed by atoms with E-state index >= 15 is 0 Å². The van der Waals surface area contributed by atoms with Gasteiger partial charge in [-0.15, -0.1) is 0 Å². The van der Waals surface area contributed by atoms with Gasteiger partial charge in [0.25, 0.3) is 0 Å². The number of rotatable bonds is 46. The summed E-state index contributed by atoms with van der Waals surface area (Å²) in [6, 6.07) is -0.874. The zero-order valence-corrected chi connectivity index (χ0v) is 41.5. The first-order valence-electron chi connectivity index (χ1n) is 25.5. The number of phosphoric acid groups is 1. The standard InChI is InChI=1S/C52H99N2O6P/c1-6-8-10-12-14-16-18-20-22-23-24-25-26-27-28-29-30-32-33-35-37-39-41-43-45-51(55)50(49-60-61(57,58)59-48-47-54(3,4)5)53-52(56)46-44-42-40-38-36-34-31-21-19-17-15-13-11-9-7-2/h21,29-31,35,37,43,45,50-51,55H,6-20,22-28,32-34,36,38-42,44,46-49H2,1-5H3,(H-,53,56,57,58)/p+1/b30-29+,31-21-,37-35+,45-43+. The van der Waals surface area contributed by atoms with E-state index in [-0.39, 0.29) is 19.1 Å². The Balaban J connectivity index is 4.38. The van der Waals surface area contributed by atoms with Gasteiger partial charge in [0.1, 0.15) is 13.2 Å². The number of carbonyl (C=O) groups excluding carboxylic acids is 1. The molecular formula is C52H100N2O6P+. The second-order valence-corrected chi connectivity index (χ2v) is 20.0. The minimum absolute atomic E-state index is 0.0512. The maximum atomic E-state index is 12.9. The number of nitrogens with zero attached hydrogens (tertiary/aromatic N) is 1. The van der Waals surface area contributed by atoms with E-state index < -0.39 is 20.0 Å². The molecule has 0 aliphatic heterocycles. The molecule has 0 aromatic heterocycles. The highest BCUT2D eigenvalue weighted by atomic mass is 31.2. The molecule has 61 heavy (non-hydrogen) atoms. The minimum Gasteiger partial charge on any atom is -0.387 e. The van der Waals surface area contributed by atoms with Crippen LogP contribution < -0.4 is 5.32 Å². The van der Waals surface area contributed by atoms with Crippen LogP contribution in [0.15, 0.2) is 48.6 Å². The van der Waals surface area contributed by atoms with Gasteiger partial charge in [0.15, 0.2) is 0 Å². The highest BCUT2D eigenvalue weighted by molar-refractivity contribution is 7.47. The van der Waals surface area contributed by atoms with E-state index in [1.807, 2.05) is 27.2 Å². The predicted octanol–water partition coefficient (Wildman–Crippen LogP) is 14.8. The van der Waals surface area contributed by atoms with Gasteiger partial charge in [0.2, 0.25) is 5.91 Å². The van der Waals surface area contributed by atoms with E-state index in [4.69, 9.17) is 9.05 Å². The van der Waals surface area contributed by atoms with Crippen molar-refractivity contribution >= 4 is 13.7 Å². The largest absolute Gasteiger partial charge is 0.472 e. The number of hydrogen-bond acceptors (Lipinski definition) is 5. The summed E-state index contributed by atoms with van der Waals surface area (Å²) >= 11 is 0. The minimum atomic E-state index is -4.36. The summed E-state index contributed by atoms with van der Waals surface area (Å²) in [6.45, 7) is 4.78. The molecule has 3 N–H and O–H groups in total. The molecule has 0 aromatic rings. The van der Waals surface area contributed by atoms with Crippen molar-refractivity contribution in [1.29, 1.82) is 0 Å². The average Bonchev–Trinajstić information content (AvgIpc) is 3.21. The molecule has 0 saturated heterocycles. The van der Waals surface area contributed by atoms with Crippen LogP contribution >= 0.6 is 7.82 Å². The third-order valence-corrected chi connectivity index (χ3v) is 12.2. The van der Waals surface area contributed by atoms with Crippen molar-refractivity contribution in [3.8, 4) is 0 Å². The molecule has 0 heterocycles. The third-order valence-electron chi connectivity index (χ3n) is 11.2. The van der Waals surface area contributed by atoms with Crippen LogP contribution in [0.1, 0.15) is 226 Å². The molecule has 0 aliphatic carbocycles. The van der Waals surface area contributed by atoms with Crippen LogP contribution in [0.2, 0.25) is 0 Å². The zero-order valence-electron chi connectivity index (χ0n) is 40.7. The van der Waals surface area contributed by atoms with E-state index in [0.717, 1.165) is 57.8 Å². The number of unbranched alkanes of at least 4 members (excludes halogenated alkanes) is 27. The fourth-order valence-electron chi connectivity index (χ4n) is 7.19. The normalized spacial score (nSPS) is 14.5. The molecular weight excluding hydrogens is 780 g/mol. The summed E-state index contributed by atoms with van der Waals surface area (Å²) in [5.41, 5.74) is 0. The first kappa shape index (κ1) is 59.5. The number of amides is 1.